The van der Waals surface area contributed by atoms with E-state index in [2.05, 4.69) is 0 Å². The van der Waals surface area contributed by atoms with Gasteiger partial charge >= 0.3 is 0 Å². The van der Waals surface area contributed by atoms with Crippen LogP contribution in [0.1, 0.15) is 36.2 Å². The number of benzene rings is 1. The fourth-order valence-electron chi connectivity index (χ4n) is 1.23. The summed E-state index contributed by atoms with van der Waals surface area (Å²) in [5.41, 5.74) is 1.82. The van der Waals surface area contributed by atoms with Gasteiger partial charge in [-0.3, -0.25) is 4.79 Å². The minimum Gasteiger partial charge on any atom is -0.300 e. The molecule has 2 heteroatoms. The van der Waals surface area contributed by atoms with Gasteiger partial charge in [0.2, 0.25) is 0 Å². The predicted octanol–water partition coefficient (Wildman–Crippen LogP) is 2.41. The molecule has 0 aromatic heterocycles. The Morgan fingerprint density at radius 1 is 1.07 bits per heavy atom. The van der Waals surface area contributed by atoms with Crippen LogP contribution in [0.25, 0.3) is 0 Å². The third-order valence-corrected chi connectivity index (χ3v) is 2.13. The maximum absolute atomic E-state index is 11.0. The van der Waals surface area contributed by atoms with Gasteiger partial charge in [-0.15, -0.1) is 0 Å². The second-order valence-corrected chi connectivity index (χ2v) is 3.46. The molecule has 74 valence electrons. The number of aryl methyl sites for hydroxylation is 1. The van der Waals surface area contributed by atoms with E-state index in [0.29, 0.717) is 6.42 Å². The van der Waals surface area contributed by atoms with Crippen molar-refractivity contribution < 1.29 is 9.59 Å². The summed E-state index contributed by atoms with van der Waals surface area (Å²) in [6.07, 6.45) is 1.33. The Morgan fingerprint density at radius 2 is 1.64 bits per heavy atom. The number of ketones is 2. The first kappa shape index (κ1) is 10.6. The maximum atomic E-state index is 11.0. The smallest absolute Gasteiger partial charge is 0.159 e. The molecular weight excluding hydrogens is 176 g/mol. The molecular formula is C12H14O2. The van der Waals surface area contributed by atoms with E-state index in [4.69, 9.17) is 0 Å². The molecule has 0 amide bonds. The van der Waals surface area contributed by atoms with Crippen molar-refractivity contribution in [3.05, 3.63) is 35.4 Å². The molecule has 1 aromatic carbocycles. The average molecular weight is 190 g/mol. The average Bonchev–Trinajstić information content (AvgIpc) is 2.15. The topological polar surface area (TPSA) is 34.1 Å². The van der Waals surface area contributed by atoms with E-state index in [1.807, 2.05) is 12.1 Å². The highest BCUT2D eigenvalue weighted by Gasteiger charge is 1.99. The van der Waals surface area contributed by atoms with E-state index in [0.717, 1.165) is 17.5 Å². The second kappa shape index (κ2) is 4.70. The van der Waals surface area contributed by atoms with E-state index in [9.17, 15) is 9.59 Å². The van der Waals surface area contributed by atoms with Gasteiger partial charge in [0, 0.05) is 12.0 Å². The Kier molecular flexibility index (Phi) is 3.57. The van der Waals surface area contributed by atoms with Crippen molar-refractivity contribution >= 4 is 11.6 Å². The van der Waals surface area contributed by atoms with Gasteiger partial charge in [0.05, 0.1) is 0 Å². The lowest BCUT2D eigenvalue weighted by molar-refractivity contribution is -0.116. The fraction of sp³-hybridized carbons (Fsp3) is 0.333. The van der Waals surface area contributed by atoms with Gasteiger partial charge in [0.15, 0.2) is 5.78 Å². The Bertz CT molecular complexity index is 336. The van der Waals surface area contributed by atoms with Crippen molar-refractivity contribution in [2.24, 2.45) is 0 Å². The van der Waals surface area contributed by atoms with E-state index in [1.54, 1.807) is 26.0 Å². The molecule has 2 nitrogen and oxygen atoms in total. The molecule has 14 heavy (non-hydrogen) atoms. The highest BCUT2D eigenvalue weighted by Crippen LogP contribution is 2.07. The third-order valence-electron chi connectivity index (χ3n) is 2.13. The van der Waals surface area contributed by atoms with Crippen LogP contribution in [0.2, 0.25) is 0 Å². The lowest BCUT2D eigenvalue weighted by Gasteiger charge is -2.00. The van der Waals surface area contributed by atoms with Gasteiger partial charge in [-0.05, 0) is 25.8 Å². The van der Waals surface area contributed by atoms with Crippen LogP contribution in [-0.2, 0) is 11.2 Å². The standard InChI is InChI=1S/C12H14O2/c1-9(13)3-4-11-5-7-12(8-6-11)10(2)14/h5-8H,3-4H2,1-2H3. The summed E-state index contributed by atoms with van der Waals surface area (Å²) in [6.45, 7) is 3.13. The van der Waals surface area contributed by atoms with E-state index < -0.39 is 0 Å². The minimum atomic E-state index is 0.0723. The third kappa shape index (κ3) is 3.13. The summed E-state index contributed by atoms with van der Waals surface area (Å²) in [4.78, 5) is 21.7. The summed E-state index contributed by atoms with van der Waals surface area (Å²) in [6, 6.07) is 7.41. The van der Waals surface area contributed by atoms with Crippen molar-refractivity contribution in [1.82, 2.24) is 0 Å². The van der Waals surface area contributed by atoms with Crippen molar-refractivity contribution in [2.75, 3.05) is 0 Å². The van der Waals surface area contributed by atoms with Gasteiger partial charge < -0.3 is 4.79 Å². The van der Waals surface area contributed by atoms with Gasteiger partial charge in [-0.2, -0.15) is 0 Å². The predicted molar refractivity (Wildman–Crippen MR) is 55.4 cm³/mol. The Hall–Kier alpha value is -1.44. The van der Waals surface area contributed by atoms with Crippen molar-refractivity contribution in [3.63, 3.8) is 0 Å². The van der Waals surface area contributed by atoms with Crippen LogP contribution >= 0.6 is 0 Å². The van der Waals surface area contributed by atoms with Crippen LogP contribution in [0.5, 0.6) is 0 Å². The Labute approximate surface area is 83.9 Å². The van der Waals surface area contributed by atoms with Gasteiger partial charge in [-0.1, -0.05) is 24.3 Å². The van der Waals surface area contributed by atoms with Crippen LogP contribution in [0.4, 0.5) is 0 Å². The van der Waals surface area contributed by atoms with Crippen LogP contribution in [-0.4, -0.2) is 11.6 Å². The Morgan fingerprint density at radius 3 is 2.07 bits per heavy atom. The summed E-state index contributed by atoms with van der Waals surface area (Å²) < 4.78 is 0. The van der Waals surface area contributed by atoms with Crippen molar-refractivity contribution in [3.8, 4) is 0 Å². The van der Waals surface area contributed by atoms with E-state index >= 15 is 0 Å². The maximum Gasteiger partial charge on any atom is 0.159 e. The first-order valence-electron chi connectivity index (χ1n) is 4.69. The zero-order chi connectivity index (χ0) is 10.6. The van der Waals surface area contributed by atoms with Crippen LogP contribution in [0.15, 0.2) is 24.3 Å². The summed E-state index contributed by atoms with van der Waals surface area (Å²) in [7, 11) is 0. The van der Waals surface area contributed by atoms with Gasteiger partial charge in [-0.25, -0.2) is 0 Å². The molecule has 0 bridgehead atoms. The molecule has 0 radical (unpaired) electrons. The largest absolute Gasteiger partial charge is 0.300 e. The zero-order valence-corrected chi connectivity index (χ0v) is 8.54. The molecule has 0 saturated carbocycles. The van der Waals surface area contributed by atoms with E-state index in [-0.39, 0.29) is 11.6 Å². The number of Topliss-reactive ketones (excluding diaryl/α,β-unsaturated/α-hetero) is 2. The highest BCUT2D eigenvalue weighted by atomic mass is 16.1. The first-order chi connectivity index (χ1) is 6.59. The number of hydrogen-bond acceptors (Lipinski definition) is 2. The number of hydrogen-bond donors (Lipinski definition) is 0. The lowest BCUT2D eigenvalue weighted by Crippen LogP contribution is -1.95. The minimum absolute atomic E-state index is 0.0723. The van der Waals surface area contributed by atoms with Gasteiger partial charge in [0.25, 0.3) is 0 Å². The zero-order valence-electron chi connectivity index (χ0n) is 8.54. The molecule has 0 heterocycles. The molecule has 0 fully saturated rings. The molecule has 0 aliphatic carbocycles. The van der Waals surface area contributed by atoms with Crippen molar-refractivity contribution in [1.29, 1.82) is 0 Å². The monoisotopic (exact) mass is 190 g/mol. The second-order valence-electron chi connectivity index (χ2n) is 3.46. The molecule has 1 aromatic rings. The fourth-order valence-corrected chi connectivity index (χ4v) is 1.23. The molecule has 0 atom stereocenters. The van der Waals surface area contributed by atoms with Gasteiger partial charge in [0.1, 0.15) is 5.78 Å². The molecule has 0 N–H and O–H groups in total. The van der Waals surface area contributed by atoms with Crippen LogP contribution in [0.3, 0.4) is 0 Å². The molecule has 0 saturated heterocycles. The first-order valence-corrected chi connectivity index (χ1v) is 4.69. The normalized spacial score (nSPS) is 9.86. The summed E-state index contributed by atoms with van der Waals surface area (Å²) in [5.74, 6) is 0.267. The molecule has 1 rings (SSSR count). The lowest BCUT2D eigenvalue weighted by atomic mass is 10.0. The quantitative estimate of drug-likeness (QED) is 0.683. The molecule has 0 aliphatic rings. The molecule has 0 unspecified atom stereocenters. The summed E-state index contributed by atoms with van der Waals surface area (Å²) in [5, 5.41) is 0. The summed E-state index contributed by atoms with van der Waals surface area (Å²) >= 11 is 0. The number of carbonyl (C=O) groups is 2. The Balaban J connectivity index is 2.64. The molecule has 0 aliphatic heterocycles. The highest BCUT2D eigenvalue weighted by molar-refractivity contribution is 5.94. The van der Waals surface area contributed by atoms with Crippen LogP contribution < -0.4 is 0 Å². The van der Waals surface area contributed by atoms with Crippen LogP contribution in [0, 0.1) is 0 Å². The number of rotatable bonds is 4. The van der Waals surface area contributed by atoms with E-state index in [1.165, 1.54) is 0 Å². The van der Waals surface area contributed by atoms with Crippen molar-refractivity contribution in [2.45, 2.75) is 26.7 Å². The number of carbonyl (C=O) groups excluding carboxylic acids is 2. The molecule has 0 spiro atoms. The SMILES string of the molecule is CC(=O)CCc1ccc(C(C)=O)cc1.